The van der Waals surface area contributed by atoms with Gasteiger partial charge in [0.25, 0.3) is 0 Å². The highest BCUT2D eigenvalue weighted by atomic mass is 79.9. The molecule has 0 bridgehead atoms. The van der Waals surface area contributed by atoms with Crippen LogP contribution in [0.15, 0.2) is 22.7 Å². The van der Waals surface area contributed by atoms with Crippen LogP contribution in [0.5, 0.6) is 0 Å². The molecule has 0 amide bonds. The lowest BCUT2D eigenvalue weighted by Gasteiger charge is -2.18. The Balaban J connectivity index is 2.77. The van der Waals surface area contributed by atoms with Crippen LogP contribution in [-0.2, 0) is 4.74 Å². The van der Waals surface area contributed by atoms with Crippen molar-refractivity contribution in [3.63, 3.8) is 0 Å². The lowest BCUT2D eigenvalue weighted by molar-refractivity contribution is 0.0696. The summed E-state index contributed by atoms with van der Waals surface area (Å²) in [5, 5.41) is 12.3. The van der Waals surface area contributed by atoms with E-state index in [1.165, 1.54) is 0 Å². The van der Waals surface area contributed by atoms with E-state index in [4.69, 9.17) is 9.84 Å². The second-order valence-electron chi connectivity index (χ2n) is 4.09. The van der Waals surface area contributed by atoms with Crippen LogP contribution < -0.4 is 5.32 Å². The molecule has 1 unspecified atom stereocenters. The summed E-state index contributed by atoms with van der Waals surface area (Å²) < 4.78 is 5.73. The van der Waals surface area contributed by atoms with Gasteiger partial charge in [-0.3, -0.25) is 0 Å². The maximum atomic E-state index is 10.9. The number of hydrogen-bond donors (Lipinski definition) is 2. The Labute approximate surface area is 115 Å². The molecule has 0 aliphatic carbocycles. The predicted octanol–water partition coefficient (Wildman–Crippen LogP) is 3.37. The molecule has 1 aromatic rings. The van der Waals surface area contributed by atoms with Gasteiger partial charge in [-0.1, -0.05) is 13.3 Å². The number of rotatable bonds is 7. The summed E-state index contributed by atoms with van der Waals surface area (Å²) in [4.78, 5) is 10.9. The van der Waals surface area contributed by atoms with Crippen molar-refractivity contribution in [1.82, 2.24) is 0 Å². The Hall–Kier alpha value is -1.07. The standard InChI is InChI=1S/C13H18BrNO3/c1-3-4-10(8-18-2)15-9-5-6-11(13(16)17)12(14)7-9/h5-7,10,15H,3-4,8H2,1-2H3,(H,16,17). The summed E-state index contributed by atoms with van der Waals surface area (Å²) in [6.07, 6.45) is 2.07. The molecule has 0 radical (unpaired) electrons. The van der Waals surface area contributed by atoms with Crippen molar-refractivity contribution < 1.29 is 14.6 Å². The highest BCUT2D eigenvalue weighted by Crippen LogP contribution is 2.22. The van der Waals surface area contributed by atoms with Crippen LogP contribution in [0.1, 0.15) is 30.1 Å². The van der Waals surface area contributed by atoms with E-state index in [-0.39, 0.29) is 11.6 Å². The smallest absolute Gasteiger partial charge is 0.336 e. The minimum absolute atomic E-state index is 0.238. The van der Waals surface area contributed by atoms with Gasteiger partial charge in [-0.15, -0.1) is 0 Å². The number of carboxylic acids is 1. The van der Waals surface area contributed by atoms with E-state index in [1.807, 2.05) is 0 Å². The second-order valence-corrected chi connectivity index (χ2v) is 4.94. The zero-order valence-corrected chi connectivity index (χ0v) is 12.2. The van der Waals surface area contributed by atoms with E-state index in [0.717, 1.165) is 18.5 Å². The molecule has 0 aliphatic rings. The first-order valence-corrected chi connectivity index (χ1v) is 6.66. The summed E-state index contributed by atoms with van der Waals surface area (Å²) in [6.45, 7) is 2.75. The molecule has 0 saturated carbocycles. The maximum Gasteiger partial charge on any atom is 0.336 e. The van der Waals surface area contributed by atoms with Crippen molar-refractivity contribution in [3.8, 4) is 0 Å². The van der Waals surface area contributed by atoms with Crippen molar-refractivity contribution in [2.45, 2.75) is 25.8 Å². The number of benzene rings is 1. The number of nitrogens with one attached hydrogen (secondary N) is 1. The zero-order valence-electron chi connectivity index (χ0n) is 10.6. The van der Waals surface area contributed by atoms with Crippen molar-refractivity contribution in [3.05, 3.63) is 28.2 Å². The number of carbonyl (C=O) groups is 1. The Morgan fingerprint density at radius 2 is 2.28 bits per heavy atom. The number of hydrogen-bond acceptors (Lipinski definition) is 3. The quantitative estimate of drug-likeness (QED) is 0.810. The van der Waals surface area contributed by atoms with E-state index in [9.17, 15) is 4.79 Å². The number of halogens is 1. The van der Waals surface area contributed by atoms with Crippen LogP contribution in [0.4, 0.5) is 5.69 Å². The Kier molecular flexibility index (Phi) is 6.15. The van der Waals surface area contributed by atoms with Crippen LogP contribution in [0.3, 0.4) is 0 Å². The molecule has 0 aromatic heterocycles. The molecule has 18 heavy (non-hydrogen) atoms. The van der Waals surface area contributed by atoms with Crippen molar-refractivity contribution in [1.29, 1.82) is 0 Å². The molecule has 0 aliphatic heterocycles. The van der Waals surface area contributed by atoms with Gasteiger partial charge < -0.3 is 15.2 Å². The number of carboxylic acid groups (broad SMARTS) is 1. The average molecular weight is 316 g/mol. The molecule has 1 aromatic carbocycles. The van der Waals surface area contributed by atoms with E-state index in [1.54, 1.807) is 25.3 Å². The van der Waals surface area contributed by atoms with E-state index >= 15 is 0 Å². The topological polar surface area (TPSA) is 58.6 Å². The van der Waals surface area contributed by atoms with E-state index < -0.39 is 5.97 Å². The Morgan fingerprint density at radius 3 is 2.78 bits per heavy atom. The Bertz CT molecular complexity index is 403. The summed E-state index contributed by atoms with van der Waals surface area (Å²) in [5.74, 6) is -0.935. The lowest BCUT2D eigenvalue weighted by Crippen LogP contribution is -2.24. The normalized spacial score (nSPS) is 12.2. The maximum absolute atomic E-state index is 10.9. The largest absolute Gasteiger partial charge is 0.478 e. The molecule has 0 heterocycles. The monoisotopic (exact) mass is 315 g/mol. The molecule has 4 nitrogen and oxygen atoms in total. The first-order valence-electron chi connectivity index (χ1n) is 5.86. The number of anilines is 1. The molecule has 1 atom stereocenters. The minimum Gasteiger partial charge on any atom is -0.478 e. The third-order valence-electron chi connectivity index (χ3n) is 2.58. The summed E-state index contributed by atoms with van der Waals surface area (Å²) in [5.41, 5.74) is 1.15. The molecule has 0 spiro atoms. The van der Waals surface area contributed by atoms with Crippen LogP contribution in [-0.4, -0.2) is 30.8 Å². The minimum atomic E-state index is -0.935. The fourth-order valence-corrected chi connectivity index (χ4v) is 2.31. The summed E-state index contributed by atoms with van der Waals surface area (Å²) >= 11 is 3.26. The molecule has 0 fully saturated rings. The number of ether oxygens (including phenoxy) is 1. The van der Waals surface area contributed by atoms with Crippen LogP contribution in [0.25, 0.3) is 0 Å². The fourth-order valence-electron chi connectivity index (χ4n) is 1.76. The van der Waals surface area contributed by atoms with E-state index in [0.29, 0.717) is 11.1 Å². The first kappa shape index (κ1) is 15.0. The van der Waals surface area contributed by atoms with E-state index in [2.05, 4.69) is 28.2 Å². The SMILES string of the molecule is CCCC(COC)Nc1ccc(C(=O)O)c(Br)c1. The van der Waals surface area contributed by atoms with Gasteiger partial charge in [-0.2, -0.15) is 0 Å². The van der Waals surface area contributed by atoms with Crippen LogP contribution >= 0.6 is 15.9 Å². The molecule has 2 N–H and O–H groups in total. The van der Waals surface area contributed by atoms with Gasteiger partial charge in [0.05, 0.1) is 12.2 Å². The summed E-state index contributed by atoms with van der Waals surface area (Å²) in [7, 11) is 1.67. The predicted molar refractivity (Wildman–Crippen MR) is 75.3 cm³/mol. The lowest BCUT2D eigenvalue weighted by atomic mass is 10.1. The first-order chi connectivity index (χ1) is 8.58. The molecule has 100 valence electrons. The highest BCUT2D eigenvalue weighted by Gasteiger charge is 2.11. The molecular weight excluding hydrogens is 298 g/mol. The van der Waals surface area contributed by atoms with Gasteiger partial charge in [-0.05, 0) is 40.5 Å². The molecular formula is C13H18BrNO3. The Morgan fingerprint density at radius 1 is 1.56 bits per heavy atom. The second kappa shape index (κ2) is 7.38. The van der Waals surface area contributed by atoms with Crippen molar-refractivity contribution in [2.24, 2.45) is 0 Å². The van der Waals surface area contributed by atoms with Gasteiger partial charge in [0, 0.05) is 23.3 Å². The molecule has 0 saturated heterocycles. The van der Waals surface area contributed by atoms with Gasteiger partial charge in [-0.25, -0.2) is 4.79 Å². The van der Waals surface area contributed by atoms with Gasteiger partial charge in [0.1, 0.15) is 0 Å². The summed E-state index contributed by atoms with van der Waals surface area (Å²) in [6, 6.07) is 5.38. The van der Waals surface area contributed by atoms with Crippen molar-refractivity contribution in [2.75, 3.05) is 19.0 Å². The molecule has 1 rings (SSSR count). The number of methoxy groups -OCH3 is 1. The van der Waals surface area contributed by atoms with Gasteiger partial charge in [0.2, 0.25) is 0 Å². The highest BCUT2D eigenvalue weighted by molar-refractivity contribution is 9.10. The zero-order chi connectivity index (χ0) is 13.5. The van der Waals surface area contributed by atoms with Gasteiger partial charge >= 0.3 is 5.97 Å². The molecule has 5 heteroatoms. The van der Waals surface area contributed by atoms with Crippen LogP contribution in [0.2, 0.25) is 0 Å². The number of aromatic carboxylic acids is 1. The fraction of sp³-hybridized carbons (Fsp3) is 0.462. The van der Waals surface area contributed by atoms with Gasteiger partial charge in [0.15, 0.2) is 0 Å². The van der Waals surface area contributed by atoms with Crippen LogP contribution in [0, 0.1) is 0 Å². The average Bonchev–Trinajstić information content (AvgIpc) is 2.29. The third kappa shape index (κ3) is 4.31. The van der Waals surface area contributed by atoms with Crippen molar-refractivity contribution >= 4 is 27.6 Å². The third-order valence-corrected chi connectivity index (χ3v) is 3.23.